The summed E-state index contributed by atoms with van der Waals surface area (Å²) in [4.78, 5) is 104. The number of ketones is 1. The maximum atomic E-state index is 14.5. The number of imide groups is 1. The van der Waals surface area contributed by atoms with Crippen LogP contribution in [0, 0.1) is 17.8 Å². The summed E-state index contributed by atoms with van der Waals surface area (Å²) in [6.45, 7) is 14.6. The van der Waals surface area contributed by atoms with Crippen molar-refractivity contribution in [2.45, 2.75) is 265 Å². The van der Waals surface area contributed by atoms with Gasteiger partial charge in [0, 0.05) is 102 Å². The van der Waals surface area contributed by atoms with Gasteiger partial charge in [-0.3, -0.25) is 33.7 Å². The van der Waals surface area contributed by atoms with Crippen LogP contribution in [0.5, 0.6) is 0 Å². The topological polar surface area (TPSA) is 349 Å². The minimum Gasteiger partial charge on any atom is -0.445 e. The number of alkyl carbamates (subject to hydrolysis) is 1. The first-order valence-corrected chi connectivity index (χ1v) is 34.4. The Morgan fingerprint density at radius 1 is 0.768 bits per heavy atom. The van der Waals surface area contributed by atoms with E-state index in [-0.39, 0.29) is 149 Å². The van der Waals surface area contributed by atoms with E-state index in [0.29, 0.717) is 75.5 Å². The van der Waals surface area contributed by atoms with Crippen molar-refractivity contribution >= 4 is 53.1 Å². The van der Waals surface area contributed by atoms with Crippen LogP contribution in [0.4, 0.5) is 15.3 Å². The van der Waals surface area contributed by atoms with E-state index >= 15 is 0 Å². The summed E-state index contributed by atoms with van der Waals surface area (Å²) in [6, 6.07) is 3.66. The third-order valence-electron chi connectivity index (χ3n) is 20.5. The lowest BCUT2D eigenvalue weighted by atomic mass is 9.81. The van der Waals surface area contributed by atoms with Crippen molar-refractivity contribution in [3.8, 4) is 0 Å². The molecule has 9 N–H and O–H groups in total. The minimum absolute atomic E-state index is 0.0161. The number of fused-ring (bicyclic) bond motifs is 9. The Kier molecular flexibility index (Phi) is 24.4. The molecule has 0 aliphatic carbocycles. The summed E-state index contributed by atoms with van der Waals surface area (Å²) in [5, 5.41) is 36.3. The molecule has 0 radical (unpaired) electrons. The van der Waals surface area contributed by atoms with Gasteiger partial charge < -0.3 is 85.2 Å². The Bertz CT molecular complexity index is 2950. The number of benzene rings is 1. The van der Waals surface area contributed by atoms with Gasteiger partial charge in [-0.15, -0.1) is 0 Å². The Labute approximate surface area is 555 Å². The van der Waals surface area contributed by atoms with Gasteiger partial charge in [0.05, 0.1) is 79.4 Å². The first kappa shape index (κ1) is 71.6. The highest BCUT2D eigenvalue weighted by atomic mass is 16.7. The lowest BCUT2D eigenvalue weighted by Gasteiger charge is -2.47. The predicted octanol–water partition coefficient (Wildman–Crippen LogP) is 4.89. The first-order chi connectivity index (χ1) is 45.5. The number of carbonyl (C=O) groups is 8. The molecule has 10 rings (SSSR count). The number of aliphatic hydroxyl groups excluding tert-OH is 2. The normalized spacial score (nSPS) is 34.0. The van der Waals surface area contributed by atoms with Gasteiger partial charge in [0.15, 0.2) is 5.79 Å². The molecule has 10 bridgehead atoms. The molecule has 0 saturated carbocycles. The molecule has 20 atom stereocenters. The third kappa shape index (κ3) is 18.5. The SMILES string of the molecule is C=C1CC2CC[C@]34C[C@@H](O)C(O3)C3CC(O4)[C@H]4OC(CCC4O3)CC(=O)CC3C(C[C@H]4OC(CC[C@@H]1O2)C[C@@H](C)C4=C)OC(CC(O)CNC(=O)OCc1ccc(NC(=O)C(CCCNC(N)=O)NC(=O)[C@@H](NC(=O)CCCCCN2C(=O)C=CC2=O)C(C)C)cc1)[C@@H]3OC. The molecular formula is C69H99N7O19. The van der Waals surface area contributed by atoms with Gasteiger partial charge in [0.2, 0.25) is 17.7 Å². The number of Topliss-reactive ketones (excluding diaryl/α,β-unsaturated/α-hetero) is 1. The van der Waals surface area contributed by atoms with Crippen LogP contribution < -0.4 is 32.3 Å². The van der Waals surface area contributed by atoms with E-state index in [1.165, 1.54) is 12.2 Å². The molecular weight excluding hydrogens is 1230 g/mol. The van der Waals surface area contributed by atoms with E-state index in [0.717, 1.165) is 41.7 Å². The number of amides is 8. The van der Waals surface area contributed by atoms with E-state index in [9.17, 15) is 48.6 Å². The Morgan fingerprint density at radius 3 is 2.26 bits per heavy atom. The molecule has 9 aliphatic heterocycles. The van der Waals surface area contributed by atoms with Crippen LogP contribution in [-0.4, -0.2) is 199 Å². The van der Waals surface area contributed by atoms with E-state index in [4.69, 9.17) is 48.4 Å². The van der Waals surface area contributed by atoms with Crippen LogP contribution in [0.3, 0.4) is 0 Å². The van der Waals surface area contributed by atoms with Gasteiger partial charge in [-0.1, -0.05) is 52.5 Å². The second-order valence-electron chi connectivity index (χ2n) is 27.9. The fourth-order valence-electron chi connectivity index (χ4n) is 15.4. The zero-order valence-electron chi connectivity index (χ0n) is 55.3. The fraction of sp³-hybridized carbons (Fsp3) is 0.710. The molecule has 26 heteroatoms. The summed E-state index contributed by atoms with van der Waals surface area (Å²) < 4.78 is 59.1. The average molecular weight is 1330 g/mol. The number of carbonyl (C=O) groups excluding carboxylic acids is 8. The first-order valence-electron chi connectivity index (χ1n) is 34.4. The van der Waals surface area contributed by atoms with E-state index < -0.39 is 90.5 Å². The number of nitrogens with zero attached hydrogens (tertiary/aromatic N) is 1. The molecule has 1 aromatic carbocycles. The number of methoxy groups -OCH3 is 1. The van der Waals surface area contributed by atoms with Gasteiger partial charge >= 0.3 is 12.1 Å². The Hall–Kier alpha value is -6.20. The van der Waals surface area contributed by atoms with E-state index in [1.807, 2.05) is 0 Å². The molecule has 8 saturated heterocycles. The van der Waals surface area contributed by atoms with Crippen molar-refractivity contribution in [1.82, 2.24) is 26.2 Å². The molecule has 9 aliphatic rings. The van der Waals surface area contributed by atoms with Crippen LogP contribution in [0.2, 0.25) is 0 Å². The zero-order chi connectivity index (χ0) is 67.7. The largest absolute Gasteiger partial charge is 0.445 e. The number of rotatable bonds is 23. The van der Waals surface area contributed by atoms with Crippen molar-refractivity contribution in [3.63, 3.8) is 0 Å². The predicted molar refractivity (Wildman–Crippen MR) is 342 cm³/mol. The number of hydrogen-bond donors (Lipinski definition) is 8. The van der Waals surface area contributed by atoms with Crippen LogP contribution in [0.15, 0.2) is 60.7 Å². The van der Waals surface area contributed by atoms with Gasteiger partial charge in [-0.05, 0) is 111 Å². The number of hydrogen-bond acceptors (Lipinski definition) is 19. The van der Waals surface area contributed by atoms with Crippen LogP contribution in [0.25, 0.3) is 0 Å². The molecule has 1 spiro atoms. The maximum Gasteiger partial charge on any atom is 0.407 e. The molecule has 95 heavy (non-hydrogen) atoms. The molecule has 1 aromatic rings. The van der Waals surface area contributed by atoms with Gasteiger partial charge in [0.25, 0.3) is 11.8 Å². The van der Waals surface area contributed by atoms with Crippen molar-refractivity contribution in [2.24, 2.45) is 23.5 Å². The van der Waals surface area contributed by atoms with Crippen LogP contribution >= 0.6 is 0 Å². The van der Waals surface area contributed by atoms with Crippen molar-refractivity contribution in [2.75, 3.05) is 32.1 Å². The highest BCUT2D eigenvalue weighted by molar-refractivity contribution is 6.12. The molecule has 9 heterocycles. The quantitative estimate of drug-likeness (QED) is 0.0411. The summed E-state index contributed by atoms with van der Waals surface area (Å²) >= 11 is 0. The average Bonchev–Trinajstić information content (AvgIpc) is 1.62. The minimum atomic E-state index is -1.11. The number of aliphatic hydroxyl groups is 2. The summed E-state index contributed by atoms with van der Waals surface area (Å²) in [7, 11) is 1.57. The smallest absolute Gasteiger partial charge is 0.407 e. The zero-order valence-corrected chi connectivity index (χ0v) is 55.3. The van der Waals surface area contributed by atoms with E-state index in [2.05, 4.69) is 46.7 Å². The van der Waals surface area contributed by atoms with Crippen molar-refractivity contribution < 1.29 is 91.2 Å². The van der Waals surface area contributed by atoms with Gasteiger partial charge in [-0.25, -0.2) is 9.59 Å². The molecule has 0 aromatic heterocycles. The van der Waals surface area contributed by atoms with E-state index in [1.54, 1.807) is 45.2 Å². The molecule has 26 nitrogen and oxygen atoms in total. The van der Waals surface area contributed by atoms with Crippen molar-refractivity contribution in [1.29, 1.82) is 0 Å². The second kappa shape index (κ2) is 32.4. The highest BCUT2D eigenvalue weighted by Gasteiger charge is 2.60. The summed E-state index contributed by atoms with van der Waals surface area (Å²) in [5.41, 5.74) is 8.18. The van der Waals surface area contributed by atoms with Crippen LogP contribution in [-0.2, 0) is 78.0 Å². The summed E-state index contributed by atoms with van der Waals surface area (Å²) in [5.74, 6) is -3.95. The second-order valence-corrected chi connectivity index (χ2v) is 27.9. The number of nitrogens with one attached hydrogen (secondary N) is 5. The summed E-state index contributed by atoms with van der Waals surface area (Å²) in [6.07, 6.45) is 4.01. The molecule has 524 valence electrons. The number of urea groups is 1. The number of unbranched alkanes of at least 4 members (excludes halogenated alkanes) is 2. The van der Waals surface area contributed by atoms with Crippen molar-refractivity contribution in [3.05, 3.63) is 66.3 Å². The fourth-order valence-corrected chi connectivity index (χ4v) is 15.4. The highest BCUT2D eigenvalue weighted by Crippen LogP contribution is 2.49. The number of primary amides is 1. The lowest BCUT2D eigenvalue weighted by Crippen LogP contribution is -2.58. The number of anilines is 1. The molecule has 8 amide bonds. The third-order valence-corrected chi connectivity index (χ3v) is 20.5. The number of ether oxygens (including phenoxy) is 9. The van der Waals surface area contributed by atoms with Crippen LogP contribution in [0.1, 0.15) is 155 Å². The molecule has 8 fully saturated rings. The maximum absolute atomic E-state index is 14.5. The van der Waals surface area contributed by atoms with Gasteiger partial charge in [0.1, 0.15) is 36.7 Å². The molecule has 12 unspecified atom stereocenters. The lowest BCUT2D eigenvalue weighted by molar-refractivity contribution is -0.277. The monoisotopic (exact) mass is 1330 g/mol. The van der Waals surface area contributed by atoms with Gasteiger partial charge in [-0.2, -0.15) is 0 Å². The Balaban J connectivity index is 0.720. The number of nitrogens with two attached hydrogens (primary N) is 1. The standard InChI is InChI=1S/C69H99N7O19/c1-37(2)61(75-58(80)12-8-7-9-26-76-59(81)21-22-60(76)82)66(84)74-49(11-10-25-71-67(70)85)65(83)73-42-15-13-41(14-16-42)36-88-68(86)72-35-44(78)31-55-62(87-6)48-30-43(77)29-46-18-20-52-64(91-46)57-33-56(92-52)63-50(79)34-69(94-57,95-63)24-23-47-28-39(4)51(89-47)19-17-45-27-38(3)40(5)53(90-45)32-54(48)93-55/h13-16,21-22,37-38,44-57,61-64,78-79H,4-5,7-12,17-20,23-36H2,1-3,6H3,(H,72,86)(H,73,83)(H,74,84)(H,75,80)(H3,70,71,85)/t38-,44?,45?,46?,47?,48?,49?,50-,51+,52?,53-,54?,55?,56?,57?,61+,62-,63?,64+,69-/m1/s1. The Morgan fingerprint density at radius 2 is 1.52 bits per heavy atom.